The van der Waals surface area contributed by atoms with Gasteiger partial charge in [-0.1, -0.05) is 31.4 Å². The van der Waals surface area contributed by atoms with Gasteiger partial charge >= 0.3 is 0 Å². The van der Waals surface area contributed by atoms with Gasteiger partial charge in [-0.3, -0.25) is 14.4 Å². The third kappa shape index (κ3) is 4.67. The summed E-state index contributed by atoms with van der Waals surface area (Å²) in [5.41, 5.74) is 0.928. The van der Waals surface area contributed by atoms with E-state index in [0.29, 0.717) is 17.8 Å². The van der Waals surface area contributed by atoms with Crippen LogP contribution in [0.2, 0.25) is 0 Å². The van der Waals surface area contributed by atoms with Crippen LogP contribution in [-0.2, 0) is 9.59 Å². The number of benzene rings is 1. The molecular weight excluding hydrogens is 342 g/mol. The van der Waals surface area contributed by atoms with Crippen LogP contribution in [0.4, 0.5) is 5.69 Å². The number of carbonyl (C=O) groups is 3. The van der Waals surface area contributed by atoms with E-state index in [1.54, 1.807) is 24.3 Å². The molecule has 1 aromatic carbocycles. The molecule has 27 heavy (non-hydrogen) atoms. The third-order valence-corrected chi connectivity index (χ3v) is 5.39. The second-order valence-electron chi connectivity index (χ2n) is 7.90. The zero-order valence-electron chi connectivity index (χ0n) is 16.2. The minimum Gasteiger partial charge on any atom is -0.350 e. The quantitative estimate of drug-likeness (QED) is 0.835. The van der Waals surface area contributed by atoms with Crippen LogP contribution in [0.5, 0.6) is 0 Å². The van der Waals surface area contributed by atoms with Crippen molar-refractivity contribution in [1.29, 1.82) is 0 Å². The summed E-state index contributed by atoms with van der Waals surface area (Å²) in [5, 5.41) is 5.72. The summed E-state index contributed by atoms with van der Waals surface area (Å²) in [5.74, 6) is -0.688. The maximum atomic E-state index is 12.8. The van der Waals surface area contributed by atoms with E-state index in [4.69, 9.17) is 0 Å². The summed E-state index contributed by atoms with van der Waals surface area (Å²) in [6, 6.07) is 7.28. The molecule has 1 saturated carbocycles. The Hall–Kier alpha value is -2.37. The van der Waals surface area contributed by atoms with Crippen molar-refractivity contribution in [1.82, 2.24) is 10.2 Å². The topological polar surface area (TPSA) is 78.5 Å². The largest absolute Gasteiger partial charge is 0.350 e. The number of carbonyl (C=O) groups excluding carboxylic acids is 3. The lowest BCUT2D eigenvalue weighted by molar-refractivity contribution is -0.130. The number of nitrogens with zero attached hydrogens (tertiary/aromatic N) is 1. The Balaban J connectivity index is 1.66. The predicted octanol–water partition coefficient (Wildman–Crippen LogP) is 2.94. The molecule has 6 nitrogen and oxygen atoms in total. The van der Waals surface area contributed by atoms with Gasteiger partial charge in [-0.15, -0.1) is 0 Å². The average molecular weight is 371 g/mol. The standard InChI is InChI=1S/C21H29N3O3/c1-14(2)22-21(27)17-10-6-7-11-18(17)23-20(26)15-12-19(25)24(13-15)16-8-4-3-5-9-16/h6-7,10-11,14-16H,3-5,8-9,12-13H2,1-2H3,(H,22,27)(H,23,26). The molecule has 6 heteroatoms. The molecule has 1 heterocycles. The monoisotopic (exact) mass is 371 g/mol. The first-order chi connectivity index (χ1) is 13.0. The van der Waals surface area contributed by atoms with Crippen molar-refractivity contribution in [3.63, 3.8) is 0 Å². The van der Waals surface area contributed by atoms with Crippen molar-refractivity contribution in [3.05, 3.63) is 29.8 Å². The van der Waals surface area contributed by atoms with E-state index in [0.717, 1.165) is 25.7 Å². The number of hydrogen-bond acceptors (Lipinski definition) is 3. The summed E-state index contributed by atoms with van der Waals surface area (Å²) in [6.07, 6.45) is 5.88. The van der Waals surface area contributed by atoms with Gasteiger partial charge in [-0.25, -0.2) is 0 Å². The summed E-state index contributed by atoms with van der Waals surface area (Å²) >= 11 is 0. The first-order valence-electron chi connectivity index (χ1n) is 9.96. The van der Waals surface area contributed by atoms with Crippen molar-refractivity contribution in [2.75, 3.05) is 11.9 Å². The number of anilines is 1. The van der Waals surface area contributed by atoms with Gasteiger partial charge in [0.05, 0.1) is 17.2 Å². The van der Waals surface area contributed by atoms with Gasteiger partial charge in [-0.2, -0.15) is 0 Å². The van der Waals surface area contributed by atoms with E-state index in [1.807, 2.05) is 18.7 Å². The molecule has 1 aliphatic heterocycles. The molecule has 3 amide bonds. The highest BCUT2D eigenvalue weighted by atomic mass is 16.2. The van der Waals surface area contributed by atoms with Crippen LogP contribution in [0.3, 0.4) is 0 Å². The highest BCUT2D eigenvalue weighted by molar-refractivity contribution is 6.05. The molecule has 2 N–H and O–H groups in total. The lowest BCUT2D eigenvalue weighted by Crippen LogP contribution is -2.38. The van der Waals surface area contributed by atoms with Crippen molar-refractivity contribution >= 4 is 23.4 Å². The molecule has 2 aliphatic rings. The van der Waals surface area contributed by atoms with Gasteiger partial charge in [0.25, 0.3) is 5.91 Å². The normalized spacial score (nSPS) is 20.8. The highest BCUT2D eigenvalue weighted by Gasteiger charge is 2.38. The number of para-hydroxylation sites is 1. The molecule has 0 aromatic heterocycles. The van der Waals surface area contributed by atoms with Gasteiger partial charge < -0.3 is 15.5 Å². The summed E-state index contributed by atoms with van der Waals surface area (Å²) in [6.45, 7) is 4.27. The van der Waals surface area contributed by atoms with Crippen molar-refractivity contribution < 1.29 is 14.4 Å². The summed E-state index contributed by atoms with van der Waals surface area (Å²) in [4.78, 5) is 39.5. The van der Waals surface area contributed by atoms with Gasteiger partial charge in [0, 0.05) is 25.0 Å². The molecular formula is C21H29N3O3. The number of hydrogen-bond donors (Lipinski definition) is 2. The maximum absolute atomic E-state index is 12.8. The van der Waals surface area contributed by atoms with Gasteiger partial charge in [0.15, 0.2) is 0 Å². The SMILES string of the molecule is CC(C)NC(=O)c1ccccc1NC(=O)C1CC(=O)N(C2CCCCC2)C1. The Morgan fingerprint density at radius 1 is 1.11 bits per heavy atom. The molecule has 3 rings (SSSR count). The fourth-order valence-corrected chi connectivity index (χ4v) is 4.02. The van der Waals surface area contributed by atoms with Crippen molar-refractivity contribution in [2.45, 2.75) is 64.5 Å². The molecule has 0 bridgehead atoms. The summed E-state index contributed by atoms with van der Waals surface area (Å²) < 4.78 is 0. The van der Waals surface area contributed by atoms with E-state index in [9.17, 15) is 14.4 Å². The molecule has 0 radical (unpaired) electrons. The molecule has 1 unspecified atom stereocenters. The molecule has 0 spiro atoms. The predicted molar refractivity (Wildman–Crippen MR) is 104 cm³/mol. The van der Waals surface area contributed by atoms with Gasteiger partial charge in [-0.05, 0) is 38.8 Å². The van der Waals surface area contributed by atoms with E-state index in [-0.39, 0.29) is 42.1 Å². The van der Waals surface area contributed by atoms with Crippen LogP contribution in [0, 0.1) is 5.92 Å². The van der Waals surface area contributed by atoms with Gasteiger partial charge in [0.1, 0.15) is 0 Å². The minimum atomic E-state index is -0.361. The van der Waals surface area contributed by atoms with Crippen molar-refractivity contribution in [2.24, 2.45) is 5.92 Å². The van der Waals surface area contributed by atoms with Crippen LogP contribution in [0.1, 0.15) is 62.7 Å². The Morgan fingerprint density at radius 2 is 1.81 bits per heavy atom. The van der Waals surface area contributed by atoms with E-state index < -0.39 is 0 Å². The number of nitrogens with one attached hydrogen (secondary N) is 2. The molecule has 1 saturated heterocycles. The molecule has 146 valence electrons. The van der Waals surface area contributed by atoms with E-state index >= 15 is 0 Å². The average Bonchev–Trinajstić information content (AvgIpc) is 3.04. The Labute approximate surface area is 160 Å². The fraction of sp³-hybridized carbons (Fsp3) is 0.571. The fourth-order valence-electron chi connectivity index (χ4n) is 4.02. The lowest BCUT2D eigenvalue weighted by atomic mass is 9.94. The Kier molecular flexibility index (Phi) is 6.14. The number of rotatable bonds is 5. The first kappa shape index (κ1) is 19.4. The number of likely N-dealkylation sites (tertiary alicyclic amines) is 1. The molecule has 1 aliphatic carbocycles. The van der Waals surface area contributed by atoms with Crippen LogP contribution in [-0.4, -0.2) is 41.2 Å². The smallest absolute Gasteiger partial charge is 0.253 e. The van der Waals surface area contributed by atoms with E-state index in [2.05, 4.69) is 10.6 Å². The van der Waals surface area contributed by atoms with Crippen LogP contribution in [0.25, 0.3) is 0 Å². The maximum Gasteiger partial charge on any atom is 0.253 e. The lowest BCUT2D eigenvalue weighted by Gasteiger charge is -2.31. The van der Waals surface area contributed by atoms with Gasteiger partial charge in [0.2, 0.25) is 11.8 Å². The third-order valence-electron chi connectivity index (χ3n) is 5.39. The van der Waals surface area contributed by atoms with E-state index in [1.165, 1.54) is 6.42 Å². The second-order valence-corrected chi connectivity index (χ2v) is 7.90. The summed E-state index contributed by atoms with van der Waals surface area (Å²) in [7, 11) is 0. The van der Waals surface area contributed by atoms with Crippen molar-refractivity contribution in [3.8, 4) is 0 Å². The zero-order valence-corrected chi connectivity index (χ0v) is 16.2. The molecule has 2 fully saturated rings. The Bertz CT molecular complexity index is 710. The van der Waals surface area contributed by atoms with Crippen LogP contribution in [0.15, 0.2) is 24.3 Å². The Morgan fingerprint density at radius 3 is 2.52 bits per heavy atom. The molecule has 1 aromatic rings. The zero-order chi connectivity index (χ0) is 19.4. The van der Waals surface area contributed by atoms with Crippen LogP contribution < -0.4 is 10.6 Å². The van der Waals surface area contributed by atoms with Crippen LogP contribution >= 0.6 is 0 Å². The first-order valence-corrected chi connectivity index (χ1v) is 9.96. The molecule has 1 atom stereocenters. The minimum absolute atomic E-state index is 0.0118. The second kappa shape index (κ2) is 8.55. The highest BCUT2D eigenvalue weighted by Crippen LogP contribution is 2.29. The number of amides is 3.